The van der Waals surface area contributed by atoms with Crippen LogP contribution in [0, 0.1) is 6.92 Å². The lowest BCUT2D eigenvalue weighted by Gasteiger charge is -2.30. The number of nitrogens with one attached hydrogen (secondary N) is 1. The second-order valence-electron chi connectivity index (χ2n) is 9.87. The number of hydrogen-bond donors (Lipinski definition) is 1. The van der Waals surface area contributed by atoms with Crippen LogP contribution in [0.3, 0.4) is 0 Å². The number of fused-ring (bicyclic) bond motifs is 1. The van der Waals surface area contributed by atoms with E-state index < -0.39 is 6.04 Å². The van der Waals surface area contributed by atoms with E-state index in [9.17, 15) is 4.79 Å². The Labute approximate surface area is 220 Å². The van der Waals surface area contributed by atoms with E-state index in [0.29, 0.717) is 31.0 Å². The van der Waals surface area contributed by atoms with Crippen molar-refractivity contribution in [3.63, 3.8) is 0 Å². The summed E-state index contributed by atoms with van der Waals surface area (Å²) in [4.78, 5) is 19.0. The van der Waals surface area contributed by atoms with E-state index in [-0.39, 0.29) is 11.7 Å². The van der Waals surface area contributed by atoms with Crippen molar-refractivity contribution in [2.75, 3.05) is 6.61 Å². The molecule has 1 saturated heterocycles. The van der Waals surface area contributed by atoms with Gasteiger partial charge in [-0.2, -0.15) is 0 Å². The number of benzene rings is 2. The molecule has 5 aromatic rings. The van der Waals surface area contributed by atoms with Crippen LogP contribution in [0.2, 0.25) is 0 Å². The average molecular weight is 511 g/mol. The van der Waals surface area contributed by atoms with Gasteiger partial charge in [0.15, 0.2) is 5.82 Å². The quantitative estimate of drug-likeness (QED) is 0.314. The summed E-state index contributed by atoms with van der Waals surface area (Å²) in [6, 6.07) is 21.5. The van der Waals surface area contributed by atoms with Gasteiger partial charge in [0.2, 0.25) is 0 Å². The Morgan fingerprint density at radius 3 is 2.79 bits per heavy atom. The average Bonchev–Trinajstić information content (AvgIpc) is 3.70. The van der Waals surface area contributed by atoms with Gasteiger partial charge in [-0.25, -0.2) is 4.68 Å². The number of aromatic amines is 1. The Balaban J connectivity index is 1.50. The van der Waals surface area contributed by atoms with Gasteiger partial charge in [-0.15, -0.1) is 5.10 Å². The Kier molecular flexibility index (Phi) is 6.85. The van der Waals surface area contributed by atoms with Gasteiger partial charge in [-0.3, -0.25) is 9.69 Å². The highest BCUT2D eigenvalue weighted by molar-refractivity contribution is 5.79. The lowest BCUT2D eigenvalue weighted by molar-refractivity contribution is 0.0901. The molecule has 194 valence electrons. The molecule has 1 aliphatic heterocycles. The van der Waals surface area contributed by atoms with Gasteiger partial charge < -0.3 is 14.1 Å². The van der Waals surface area contributed by atoms with Gasteiger partial charge in [0.05, 0.1) is 25.5 Å². The number of aromatic nitrogens is 5. The van der Waals surface area contributed by atoms with Gasteiger partial charge in [0.25, 0.3) is 5.56 Å². The number of aryl methyl sites for hydroxylation is 1. The van der Waals surface area contributed by atoms with Crippen molar-refractivity contribution in [1.29, 1.82) is 0 Å². The standard InChI is InChI=1S/C29H30N6O3/c1-20-11-12-22-16-25(29(36)30-26(22)15-20)27(28-31-32-33-35(28)19-24-10-6-14-38-24)34(18-23-9-5-13-37-23)17-21-7-3-2-4-8-21/h2-5,7-9,11-13,15-16,24,27H,6,10,14,17-19H2,1H3,(H,30,36)/t24-,27-/m0/s1. The fourth-order valence-corrected chi connectivity index (χ4v) is 5.21. The van der Waals surface area contributed by atoms with Gasteiger partial charge in [0.1, 0.15) is 11.8 Å². The van der Waals surface area contributed by atoms with Crippen molar-refractivity contribution >= 4 is 10.9 Å². The zero-order valence-electron chi connectivity index (χ0n) is 21.3. The highest BCUT2D eigenvalue weighted by atomic mass is 16.5. The summed E-state index contributed by atoms with van der Waals surface area (Å²) in [6.07, 6.45) is 3.69. The summed E-state index contributed by atoms with van der Waals surface area (Å²) < 4.78 is 13.4. The summed E-state index contributed by atoms with van der Waals surface area (Å²) in [7, 11) is 0. The number of pyridine rings is 1. The fraction of sp³-hybridized carbons (Fsp3) is 0.310. The van der Waals surface area contributed by atoms with Crippen molar-refractivity contribution in [2.45, 2.75) is 51.5 Å². The summed E-state index contributed by atoms with van der Waals surface area (Å²) in [5.74, 6) is 1.39. The van der Waals surface area contributed by atoms with Gasteiger partial charge in [-0.1, -0.05) is 42.5 Å². The molecule has 0 radical (unpaired) electrons. The van der Waals surface area contributed by atoms with Crippen LogP contribution < -0.4 is 5.56 Å². The number of rotatable bonds is 9. The first-order chi connectivity index (χ1) is 18.6. The molecule has 2 aromatic carbocycles. The third-order valence-corrected chi connectivity index (χ3v) is 7.06. The Morgan fingerprint density at radius 1 is 1.11 bits per heavy atom. The Morgan fingerprint density at radius 2 is 2.00 bits per heavy atom. The fourth-order valence-electron chi connectivity index (χ4n) is 5.21. The minimum Gasteiger partial charge on any atom is -0.468 e. The smallest absolute Gasteiger partial charge is 0.253 e. The normalized spacial score (nSPS) is 16.4. The van der Waals surface area contributed by atoms with Crippen LogP contribution in [0.15, 0.2) is 82.2 Å². The predicted molar refractivity (Wildman–Crippen MR) is 142 cm³/mol. The molecule has 1 fully saturated rings. The first kappa shape index (κ1) is 24.3. The lowest BCUT2D eigenvalue weighted by atomic mass is 10.0. The zero-order valence-corrected chi connectivity index (χ0v) is 21.3. The molecule has 0 aliphatic carbocycles. The molecule has 38 heavy (non-hydrogen) atoms. The molecule has 2 atom stereocenters. The monoisotopic (exact) mass is 510 g/mol. The van der Waals surface area contributed by atoms with E-state index in [1.54, 1.807) is 10.9 Å². The van der Waals surface area contributed by atoms with E-state index >= 15 is 0 Å². The van der Waals surface area contributed by atoms with Gasteiger partial charge in [0, 0.05) is 24.2 Å². The second-order valence-corrected chi connectivity index (χ2v) is 9.87. The topological polar surface area (TPSA) is 102 Å². The molecule has 4 heterocycles. The zero-order chi connectivity index (χ0) is 25.9. The minimum atomic E-state index is -0.536. The number of furan rings is 1. The molecule has 9 nitrogen and oxygen atoms in total. The molecule has 0 bridgehead atoms. The molecule has 1 aliphatic rings. The second kappa shape index (κ2) is 10.7. The van der Waals surface area contributed by atoms with Gasteiger partial charge >= 0.3 is 0 Å². The van der Waals surface area contributed by atoms with Gasteiger partial charge in [-0.05, 0) is 71.0 Å². The number of ether oxygens (including phenoxy) is 1. The molecular formula is C29H30N6O3. The minimum absolute atomic E-state index is 0.0448. The maximum Gasteiger partial charge on any atom is 0.253 e. The van der Waals surface area contributed by atoms with Crippen LogP contribution in [0.4, 0.5) is 0 Å². The molecule has 0 unspecified atom stereocenters. The maximum absolute atomic E-state index is 13.7. The molecule has 0 saturated carbocycles. The van der Waals surface area contributed by atoms with Crippen molar-refractivity contribution in [1.82, 2.24) is 30.1 Å². The molecule has 3 aromatic heterocycles. The number of hydrogen-bond acceptors (Lipinski definition) is 7. The summed E-state index contributed by atoms with van der Waals surface area (Å²) in [5.41, 5.74) is 3.40. The van der Waals surface area contributed by atoms with Crippen LogP contribution in [-0.4, -0.2) is 42.8 Å². The summed E-state index contributed by atoms with van der Waals surface area (Å²) in [5, 5.41) is 13.8. The first-order valence-electron chi connectivity index (χ1n) is 13.0. The van der Waals surface area contributed by atoms with E-state index in [4.69, 9.17) is 9.15 Å². The number of H-pyrrole nitrogens is 1. The van der Waals surface area contributed by atoms with Crippen molar-refractivity contribution in [2.24, 2.45) is 0 Å². The van der Waals surface area contributed by atoms with Crippen LogP contribution >= 0.6 is 0 Å². The van der Waals surface area contributed by atoms with Crippen molar-refractivity contribution in [3.8, 4) is 0 Å². The van der Waals surface area contributed by atoms with E-state index in [0.717, 1.165) is 47.2 Å². The van der Waals surface area contributed by atoms with Crippen LogP contribution in [0.5, 0.6) is 0 Å². The highest BCUT2D eigenvalue weighted by Crippen LogP contribution is 2.31. The highest BCUT2D eigenvalue weighted by Gasteiger charge is 2.32. The molecule has 0 spiro atoms. The van der Waals surface area contributed by atoms with E-state index in [1.165, 1.54) is 0 Å². The molecule has 1 N–H and O–H groups in total. The van der Waals surface area contributed by atoms with Crippen LogP contribution in [-0.2, 0) is 24.4 Å². The maximum atomic E-state index is 13.7. The van der Waals surface area contributed by atoms with E-state index in [2.05, 4.69) is 37.5 Å². The number of tetrazole rings is 1. The molecule has 6 rings (SSSR count). The first-order valence-corrected chi connectivity index (χ1v) is 13.0. The molecule has 9 heteroatoms. The largest absolute Gasteiger partial charge is 0.468 e. The third kappa shape index (κ3) is 5.16. The van der Waals surface area contributed by atoms with Crippen molar-refractivity contribution in [3.05, 3.63) is 112 Å². The van der Waals surface area contributed by atoms with E-state index in [1.807, 2.05) is 61.5 Å². The van der Waals surface area contributed by atoms with Crippen LogP contribution in [0.25, 0.3) is 10.9 Å². The predicted octanol–water partition coefficient (Wildman–Crippen LogP) is 4.39. The molecule has 0 amide bonds. The van der Waals surface area contributed by atoms with Crippen LogP contribution in [0.1, 0.15) is 47.2 Å². The summed E-state index contributed by atoms with van der Waals surface area (Å²) in [6.45, 7) is 4.31. The lowest BCUT2D eigenvalue weighted by Crippen LogP contribution is -2.35. The summed E-state index contributed by atoms with van der Waals surface area (Å²) >= 11 is 0. The molecular weight excluding hydrogens is 480 g/mol. The number of nitrogens with zero attached hydrogens (tertiary/aromatic N) is 5. The Hall–Kier alpha value is -4.08. The Bertz CT molecular complexity index is 1550. The SMILES string of the molecule is Cc1ccc2cc([C@@H](c3nnnn3C[C@@H]3CCCO3)N(Cc3ccccc3)Cc3ccco3)c(=O)[nH]c2c1. The third-order valence-electron chi connectivity index (χ3n) is 7.06. The van der Waals surface area contributed by atoms with Crippen molar-refractivity contribution < 1.29 is 9.15 Å².